The number of aliphatic carboxylic acids is 1. The normalized spacial score (nSPS) is 22.2. The number of carboxylic acid groups (broad SMARTS) is 1. The van der Waals surface area contributed by atoms with Crippen LogP contribution in [0, 0.1) is 24.2 Å². The summed E-state index contributed by atoms with van der Waals surface area (Å²) in [6, 6.07) is 18.8. The Morgan fingerprint density at radius 1 is 0.982 bits per heavy atom. The highest BCUT2D eigenvalue weighted by Crippen LogP contribution is 2.46. The van der Waals surface area contributed by atoms with E-state index < -0.39 is 5.97 Å². The van der Waals surface area contributed by atoms with Crippen molar-refractivity contribution in [1.82, 2.24) is 19.8 Å². The Kier molecular flexibility index (Phi) is 9.25. The van der Waals surface area contributed by atoms with Gasteiger partial charge in [0.15, 0.2) is 5.58 Å². The summed E-state index contributed by atoms with van der Waals surface area (Å²) in [4.78, 5) is 25.7. The molecular weight excluding hydrogens is 718 g/mol. The van der Waals surface area contributed by atoms with Crippen LogP contribution in [0.15, 0.2) is 52.9 Å². The molecule has 2 aliphatic heterocycles. The van der Waals surface area contributed by atoms with Crippen LogP contribution in [0.1, 0.15) is 76.8 Å². The monoisotopic (exact) mass is 759 g/mol. The van der Waals surface area contributed by atoms with E-state index in [0.717, 1.165) is 89.7 Å². The number of rotatable bonds is 9. The first-order chi connectivity index (χ1) is 26.7. The van der Waals surface area contributed by atoms with Gasteiger partial charge in [-0.1, -0.05) is 41.9 Å². The van der Waals surface area contributed by atoms with E-state index in [2.05, 4.69) is 58.1 Å². The molecule has 0 amide bonds. The number of carboxylic acids is 1. The Bertz CT molecular complexity index is 2390. The molecule has 2 N–H and O–H groups in total. The number of aliphatic hydroxyl groups excluding tert-OH is 1. The molecule has 2 saturated heterocycles. The molecule has 4 aliphatic rings. The fourth-order valence-electron chi connectivity index (χ4n) is 9.36. The zero-order chi connectivity index (χ0) is 38.0. The third kappa shape index (κ3) is 6.31. The molecule has 55 heavy (non-hydrogen) atoms. The number of benzene rings is 3. The van der Waals surface area contributed by atoms with Crippen LogP contribution in [0.2, 0.25) is 5.02 Å². The first kappa shape index (κ1) is 35.7. The first-order valence-corrected chi connectivity index (χ1v) is 19.4. The van der Waals surface area contributed by atoms with Crippen molar-refractivity contribution in [3.05, 3.63) is 92.5 Å². The number of hydrogen-bond donors (Lipinski definition) is 2. The van der Waals surface area contributed by atoms with Crippen molar-refractivity contribution < 1.29 is 28.9 Å². The molecule has 2 fully saturated rings. The lowest BCUT2D eigenvalue weighted by atomic mass is 9.91. The van der Waals surface area contributed by atoms with Crippen LogP contribution in [0.3, 0.4) is 0 Å². The quantitative estimate of drug-likeness (QED) is 0.155. The van der Waals surface area contributed by atoms with Gasteiger partial charge in [-0.3, -0.25) is 14.6 Å². The number of aromatic nitrogens is 2. The highest BCUT2D eigenvalue weighted by Gasteiger charge is 2.38. The van der Waals surface area contributed by atoms with Gasteiger partial charge in [0.05, 0.1) is 19.1 Å². The average Bonchev–Trinajstić information content (AvgIpc) is 4.03. The summed E-state index contributed by atoms with van der Waals surface area (Å²) >= 11 is 6.77. The van der Waals surface area contributed by atoms with E-state index in [-0.39, 0.29) is 24.2 Å². The number of ether oxygens (including phenoxy) is 2. The van der Waals surface area contributed by atoms with E-state index in [9.17, 15) is 20.3 Å². The SMILES string of the molecule is COc1nc(O[C@H]2CCc3c(-c4cccc(-c5nc6cc7c(c(C#N)c6o5)CCC7N5CC[C@@H](C(=O)O)C5)c4C)cccc32)c(Cl)cc1CN1CC[C@@H](O)C1. The molecule has 282 valence electrons. The number of oxazole rings is 1. The van der Waals surface area contributed by atoms with Crippen molar-refractivity contribution in [2.24, 2.45) is 5.92 Å². The number of β-amino-alcohol motifs (C(OH)–C–C–N with tert-alkyl or cyclic N) is 1. The predicted molar refractivity (Wildman–Crippen MR) is 206 cm³/mol. The van der Waals surface area contributed by atoms with Crippen molar-refractivity contribution in [2.75, 3.05) is 33.3 Å². The molecule has 2 aromatic heterocycles. The number of nitriles is 1. The highest BCUT2D eigenvalue weighted by molar-refractivity contribution is 6.31. The molecule has 3 aromatic carbocycles. The average molecular weight is 760 g/mol. The fourth-order valence-corrected chi connectivity index (χ4v) is 9.58. The van der Waals surface area contributed by atoms with Crippen molar-refractivity contribution in [2.45, 2.75) is 70.2 Å². The van der Waals surface area contributed by atoms with Crippen molar-refractivity contribution in [1.29, 1.82) is 5.26 Å². The molecule has 9 rings (SSSR count). The van der Waals surface area contributed by atoms with E-state index in [4.69, 9.17) is 30.5 Å². The second-order valence-corrected chi connectivity index (χ2v) is 15.7. The number of halogens is 1. The molecule has 0 saturated carbocycles. The number of aliphatic hydroxyl groups is 1. The van der Waals surface area contributed by atoms with E-state index in [1.807, 2.05) is 18.2 Å². The third-order valence-electron chi connectivity index (χ3n) is 12.1. The molecule has 0 radical (unpaired) electrons. The fraction of sp³-hybridized carbons (Fsp3) is 0.395. The van der Waals surface area contributed by atoms with Crippen molar-refractivity contribution in [3.63, 3.8) is 0 Å². The molecule has 11 nitrogen and oxygen atoms in total. The van der Waals surface area contributed by atoms with Gasteiger partial charge in [-0.15, -0.1) is 0 Å². The maximum Gasteiger partial charge on any atom is 0.307 e. The van der Waals surface area contributed by atoms with Gasteiger partial charge in [0.1, 0.15) is 28.3 Å². The van der Waals surface area contributed by atoms with Crippen LogP contribution >= 0.6 is 11.6 Å². The van der Waals surface area contributed by atoms with Gasteiger partial charge < -0.3 is 24.1 Å². The number of carbonyl (C=O) groups is 1. The summed E-state index contributed by atoms with van der Waals surface area (Å²) in [6.07, 6.45) is 4.00. The summed E-state index contributed by atoms with van der Waals surface area (Å²) in [7, 11) is 1.59. The van der Waals surface area contributed by atoms with Crippen LogP contribution in [-0.4, -0.2) is 75.3 Å². The van der Waals surface area contributed by atoms with Gasteiger partial charge in [-0.25, -0.2) is 4.98 Å². The summed E-state index contributed by atoms with van der Waals surface area (Å²) in [5.41, 5.74) is 10.9. The molecular formula is C43H42ClN5O6. The van der Waals surface area contributed by atoms with Gasteiger partial charge in [0.25, 0.3) is 0 Å². The number of likely N-dealkylation sites (tertiary alicyclic amines) is 2. The largest absolute Gasteiger partial charge is 0.481 e. The second kappa shape index (κ2) is 14.3. The first-order valence-electron chi connectivity index (χ1n) is 19.1. The molecule has 1 unspecified atom stereocenters. The zero-order valence-corrected chi connectivity index (χ0v) is 31.6. The maximum absolute atomic E-state index is 11.7. The Morgan fingerprint density at radius 3 is 2.55 bits per heavy atom. The molecule has 0 spiro atoms. The molecule has 4 heterocycles. The maximum atomic E-state index is 11.7. The minimum atomic E-state index is -0.748. The van der Waals surface area contributed by atoms with Crippen LogP contribution in [0.25, 0.3) is 33.7 Å². The van der Waals surface area contributed by atoms with Crippen LogP contribution < -0.4 is 9.47 Å². The number of nitrogens with zero attached hydrogens (tertiary/aromatic N) is 5. The van der Waals surface area contributed by atoms with E-state index >= 15 is 0 Å². The number of hydrogen-bond acceptors (Lipinski definition) is 10. The Labute approximate surface area is 324 Å². The minimum Gasteiger partial charge on any atom is -0.481 e. The minimum absolute atomic E-state index is 0.0675. The highest BCUT2D eigenvalue weighted by atomic mass is 35.5. The lowest BCUT2D eigenvalue weighted by Gasteiger charge is -2.24. The zero-order valence-electron chi connectivity index (χ0n) is 30.8. The standard InChI is InChI=1S/C43H42ClN5O6/c1-23-27(29-7-4-8-32-30(29)10-12-38(32)54-42-35(44)17-25(40(47-42)53-2)20-48-15-14-26(50)22-48)5-3-6-28(23)41-46-36-18-33-31(34(19-45)39(36)55-41)9-11-37(33)49-16-13-24(21-49)43(51)52/h3-8,17-18,24,26,37-38,50H,9-16,20-22H2,1-2H3,(H,51,52)/t24-,26-,37?,38+/m1/s1. The van der Waals surface area contributed by atoms with Crippen LogP contribution in [0.4, 0.5) is 0 Å². The van der Waals surface area contributed by atoms with E-state index in [0.29, 0.717) is 65.4 Å². The summed E-state index contributed by atoms with van der Waals surface area (Å²) in [5, 5.41) is 30.3. The smallest absolute Gasteiger partial charge is 0.307 e. The van der Waals surface area contributed by atoms with Crippen LogP contribution in [0.5, 0.6) is 11.8 Å². The number of pyridine rings is 1. The molecule has 4 atom stereocenters. The van der Waals surface area contributed by atoms with Gasteiger partial charge in [0, 0.05) is 43.3 Å². The van der Waals surface area contributed by atoms with Crippen molar-refractivity contribution in [3.8, 4) is 40.4 Å². The van der Waals surface area contributed by atoms with E-state index in [1.54, 1.807) is 7.11 Å². The third-order valence-corrected chi connectivity index (χ3v) is 12.4. The predicted octanol–water partition coefficient (Wildman–Crippen LogP) is 7.43. The van der Waals surface area contributed by atoms with E-state index in [1.165, 1.54) is 5.56 Å². The summed E-state index contributed by atoms with van der Waals surface area (Å²) in [6.45, 7) is 5.33. The molecule has 5 aromatic rings. The van der Waals surface area contributed by atoms with Gasteiger partial charge in [-0.05, 0) is 109 Å². The van der Waals surface area contributed by atoms with Gasteiger partial charge in [0.2, 0.25) is 17.7 Å². The van der Waals surface area contributed by atoms with Crippen LogP contribution in [-0.2, 0) is 24.2 Å². The van der Waals surface area contributed by atoms with Gasteiger partial charge in [-0.2, -0.15) is 10.2 Å². The topological polar surface area (TPSA) is 145 Å². The molecule has 12 heteroatoms. The summed E-state index contributed by atoms with van der Waals surface area (Å²) in [5.74, 6) is 0.153. The second-order valence-electron chi connectivity index (χ2n) is 15.3. The molecule has 0 bridgehead atoms. The Balaban J connectivity index is 1.000. The summed E-state index contributed by atoms with van der Waals surface area (Å²) < 4.78 is 18.6. The Hall–Kier alpha value is -4.99. The molecule has 2 aliphatic carbocycles. The lowest BCUT2D eigenvalue weighted by molar-refractivity contribution is -0.141. The van der Waals surface area contributed by atoms with Gasteiger partial charge >= 0.3 is 5.97 Å². The lowest BCUT2D eigenvalue weighted by Crippen LogP contribution is -2.26. The number of methoxy groups -OCH3 is 1. The number of fused-ring (bicyclic) bond motifs is 3. The Morgan fingerprint density at radius 2 is 1.78 bits per heavy atom. The van der Waals surface area contributed by atoms with Crippen molar-refractivity contribution >= 4 is 28.7 Å².